The summed E-state index contributed by atoms with van der Waals surface area (Å²) >= 11 is 0. The third-order valence-electron chi connectivity index (χ3n) is 6.06. The Hall–Kier alpha value is -3.83. The van der Waals surface area contributed by atoms with Gasteiger partial charge in [-0.1, -0.05) is 0 Å². The van der Waals surface area contributed by atoms with Crippen LogP contribution in [0, 0.1) is 5.95 Å². The minimum absolute atomic E-state index is 0.240. The molecular formula is C21H25FN10O. The molecule has 1 saturated carbocycles. The number of H-pyrrole nitrogens is 1. The lowest BCUT2D eigenvalue weighted by Crippen LogP contribution is -2.51. The smallest absolute Gasteiger partial charge is 0.250 e. The molecule has 2 fully saturated rings. The number of amides is 1. The van der Waals surface area contributed by atoms with Gasteiger partial charge in [-0.2, -0.15) is 24.4 Å². The summed E-state index contributed by atoms with van der Waals surface area (Å²) in [6.07, 6.45) is 5.04. The third-order valence-corrected chi connectivity index (χ3v) is 6.06. The zero-order valence-corrected chi connectivity index (χ0v) is 18.4. The van der Waals surface area contributed by atoms with Gasteiger partial charge in [0, 0.05) is 31.3 Å². The second kappa shape index (κ2) is 8.26. The summed E-state index contributed by atoms with van der Waals surface area (Å²) in [4.78, 5) is 32.1. The van der Waals surface area contributed by atoms with Crippen molar-refractivity contribution in [3.05, 3.63) is 36.0 Å². The van der Waals surface area contributed by atoms with E-state index in [2.05, 4.69) is 46.1 Å². The van der Waals surface area contributed by atoms with Crippen molar-refractivity contribution >= 4 is 35.3 Å². The molecule has 4 heterocycles. The molecule has 0 unspecified atom stereocenters. The Kier molecular flexibility index (Phi) is 5.27. The molecule has 0 radical (unpaired) electrons. The maximum atomic E-state index is 13.2. The van der Waals surface area contributed by atoms with Crippen LogP contribution in [0.1, 0.15) is 44.2 Å². The van der Waals surface area contributed by atoms with Gasteiger partial charge >= 0.3 is 0 Å². The van der Waals surface area contributed by atoms with Crippen molar-refractivity contribution in [2.45, 2.75) is 44.1 Å². The molecule has 11 nitrogen and oxygen atoms in total. The van der Waals surface area contributed by atoms with Gasteiger partial charge in [-0.15, -0.1) is 0 Å². The van der Waals surface area contributed by atoms with E-state index in [1.165, 1.54) is 31.2 Å². The van der Waals surface area contributed by atoms with Crippen LogP contribution in [-0.2, 0) is 4.79 Å². The molecule has 3 aromatic heterocycles. The van der Waals surface area contributed by atoms with Gasteiger partial charge in [0.2, 0.25) is 29.7 Å². The Labute approximate surface area is 189 Å². The summed E-state index contributed by atoms with van der Waals surface area (Å²) < 4.78 is 13.1. The van der Waals surface area contributed by atoms with Gasteiger partial charge in [-0.3, -0.25) is 9.89 Å². The molecule has 172 valence electrons. The largest absolute Gasteiger partial charge is 0.357 e. The average molecular weight is 452 g/mol. The SMILES string of the molecule is CNc1nc(Nc2cc(C3CC3)[nH]n2)nc(N2CCC[C@@]2(C)C(=O)Nc2ccc(F)nc2)n1. The van der Waals surface area contributed by atoms with Crippen LogP contribution in [0.4, 0.5) is 33.7 Å². The number of pyridine rings is 1. The topological polar surface area (TPSA) is 137 Å². The summed E-state index contributed by atoms with van der Waals surface area (Å²) in [6.45, 7) is 2.45. The van der Waals surface area contributed by atoms with E-state index in [0.29, 0.717) is 48.2 Å². The second-order valence-corrected chi connectivity index (χ2v) is 8.49. The number of halogens is 1. The van der Waals surface area contributed by atoms with Gasteiger partial charge in [0.15, 0.2) is 5.82 Å². The van der Waals surface area contributed by atoms with Crippen molar-refractivity contribution in [2.75, 3.05) is 34.4 Å². The average Bonchev–Trinajstić information content (AvgIpc) is 3.43. The predicted octanol–water partition coefficient (Wildman–Crippen LogP) is 2.79. The van der Waals surface area contributed by atoms with E-state index in [0.717, 1.165) is 12.1 Å². The molecule has 12 heteroatoms. The first kappa shape index (κ1) is 21.0. The lowest BCUT2D eigenvalue weighted by Gasteiger charge is -2.34. The van der Waals surface area contributed by atoms with Crippen LogP contribution in [0.15, 0.2) is 24.4 Å². The molecule has 1 aliphatic heterocycles. The number of aromatic nitrogens is 6. The molecule has 0 spiro atoms. The van der Waals surface area contributed by atoms with E-state index >= 15 is 0 Å². The highest BCUT2D eigenvalue weighted by Crippen LogP contribution is 2.40. The summed E-state index contributed by atoms with van der Waals surface area (Å²) in [5.41, 5.74) is 0.622. The van der Waals surface area contributed by atoms with Crippen molar-refractivity contribution in [1.82, 2.24) is 30.1 Å². The molecule has 5 rings (SSSR count). The van der Waals surface area contributed by atoms with E-state index in [4.69, 9.17) is 0 Å². The minimum atomic E-state index is -0.899. The number of rotatable bonds is 7. The van der Waals surface area contributed by atoms with E-state index in [1.54, 1.807) is 7.05 Å². The van der Waals surface area contributed by atoms with Gasteiger partial charge in [-0.25, -0.2) is 4.98 Å². The molecule has 33 heavy (non-hydrogen) atoms. The quantitative estimate of drug-likeness (QED) is 0.399. The summed E-state index contributed by atoms with van der Waals surface area (Å²) in [6, 6.07) is 4.65. The number of hydrogen-bond acceptors (Lipinski definition) is 9. The second-order valence-electron chi connectivity index (χ2n) is 8.49. The fraction of sp³-hybridized carbons (Fsp3) is 0.429. The Morgan fingerprint density at radius 1 is 1.24 bits per heavy atom. The van der Waals surface area contributed by atoms with E-state index in [9.17, 15) is 9.18 Å². The van der Waals surface area contributed by atoms with Crippen LogP contribution >= 0.6 is 0 Å². The van der Waals surface area contributed by atoms with Crippen molar-refractivity contribution in [3.63, 3.8) is 0 Å². The standard InChI is InChI=1S/C21H25FN10O/c1-21(17(33)25-13-6-7-15(22)24-11-13)8-3-9-32(21)20-28-18(23-2)27-19(29-20)26-16-10-14(30-31-16)12-4-5-12/h6-7,10-12H,3-5,8-9H2,1-2H3,(H,25,33)(H3,23,26,27,28,29,30,31)/t21-/m0/s1. The normalized spacial score (nSPS) is 20.0. The van der Waals surface area contributed by atoms with Crippen molar-refractivity contribution in [2.24, 2.45) is 0 Å². The van der Waals surface area contributed by atoms with Gasteiger partial charge in [0.05, 0.1) is 11.9 Å². The lowest BCUT2D eigenvalue weighted by atomic mass is 9.97. The molecule has 2 aliphatic rings. The van der Waals surface area contributed by atoms with Gasteiger partial charge in [-0.05, 0) is 44.7 Å². The molecule has 0 aromatic carbocycles. The fourth-order valence-electron chi connectivity index (χ4n) is 4.01. The molecule has 3 aromatic rings. The minimum Gasteiger partial charge on any atom is -0.357 e. The van der Waals surface area contributed by atoms with Crippen molar-refractivity contribution in [1.29, 1.82) is 0 Å². The lowest BCUT2D eigenvalue weighted by molar-refractivity contribution is -0.120. The predicted molar refractivity (Wildman–Crippen MR) is 121 cm³/mol. The Balaban J connectivity index is 1.39. The van der Waals surface area contributed by atoms with Gasteiger partial charge in [0.1, 0.15) is 5.54 Å². The Bertz CT molecular complexity index is 1160. The highest BCUT2D eigenvalue weighted by Gasteiger charge is 2.45. The zero-order chi connectivity index (χ0) is 23.0. The van der Waals surface area contributed by atoms with E-state index in [-0.39, 0.29) is 5.91 Å². The highest BCUT2D eigenvalue weighted by molar-refractivity contribution is 6.00. The number of carbonyl (C=O) groups is 1. The van der Waals surface area contributed by atoms with Gasteiger partial charge < -0.3 is 20.9 Å². The van der Waals surface area contributed by atoms with Crippen LogP contribution in [0.25, 0.3) is 0 Å². The number of nitrogens with one attached hydrogen (secondary N) is 4. The molecule has 0 bridgehead atoms. The van der Waals surface area contributed by atoms with Crippen LogP contribution in [0.5, 0.6) is 0 Å². The molecular weight excluding hydrogens is 427 g/mol. The summed E-state index contributed by atoms with van der Waals surface area (Å²) in [5.74, 6) is 1.41. The Morgan fingerprint density at radius 2 is 2.06 bits per heavy atom. The first-order valence-electron chi connectivity index (χ1n) is 10.9. The van der Waals surface area contributed by atoms with Crippen LogP contribution in [0.2, 0.25) is 0 Å². The van der Waals surface area contributed by atoms with E-state index in [1.807, 2.05) is 17.9 Å². The van der Waals surface area contributed by atoms with Gasteiger partial charge in [0.25, 0.3) is 0 Å². The number of hydrogen-bond donors (Lipinski definition) is 4. The molecule has 1 atom stereocenters. The highest BCUT2D eigenvalue weighted by atomic mass is 19.1. The fourth-order valence-corrected chi connectivity index (χ4v) is 4.01. The molecule has 4 N–H and O–H groups in total. The van der Waals surface area contributed by atoms with Crippen LogP contribution in [-0.4, -0.2) is 55.2 Å². The number of anilines is 5. The van der Waals surface area contributed by atoms with E-state index < -0.39 is 11.5 Å². The first-order chi connectivity index (χ1) is 15.9. The molecule has 1 aliphatic carbocycles. The van der Waals surface area contributed by atoms with Crippen molar-refractivity contribution in [3.8, 4) is 0 Å². The zero-order valence-electron chi connectivity index (χ0n) is 18.4. The Morgan fingerprint density at radius 3 is 2.79 bits per heavy atom. The number of aromatic amines is 1. The number of carbonyl (C=O) groups excluding carboxylic acids is 1. The summed E-state index contributed by atoms with van der Waals surface area (Å²) in [5, 5.41) is 16.3. The van der Waals surface area contributed by atoms with Crippen molar-refractivity contribution < 1.29 is 9.18 Å². The number of nitrogens with zero attached hydrogens (tertiary/aromatic N) is 6. The summed E-state index contributed by atoms with van der Waals surface area (Å²) in [7, 11) is 1.72. The first-order valence-corrected chi connectivity index (χ1v) is 10.9. The molecule has 1 amide bonds. The van der Waals surface area contributed by atoms with Crippen LogP contribution in [0.3, 0.4) is 0 Å². The third kappa shape index (κ3) is 4.28. The monoisotopic (exact) mass is 452 g/mol. The maximum Gasteiger partial charge on any atom is 0.250 e. The van der Waals surface area contributed by atoms with Crippen LogP contribution < -0.4 is 20.9 Å². The maximum absolute atomic E-state index is 13.2. The molecule has 1 saturated heterocycles.